The van der Waals surface area contributed by atoms with E-state index < -0.39 is 18.5 Å². The largest absolute Gasteiger partial charge is 0.355 e. The Balaban J connectivity index is 4.57. The number of carbonyl (C=O) groups excluding carboxylic acids is 1. The van der Waals surface area contributed by atoms with E-state index >= 15 is 0 Å². The Morgan fingerprint density at radius 3 is 2.00 bits per heavy atom. The van der Waals surface area contributed by atoms with Gasteiger partial charge in [-0.2, -0.15) is 0 Å². The van der Waals surface area contributed by atoms with E-state index in [1.54, 1.807) is 13.8 Å². The first kappa shape index (κ1) is 13.1. The highest BCUT2D eigenvalue weighted by Crippen LogP contribution is 2.54. The van der Waals surface area contributed by atoms with E-state index in [2.05, 4.69) is 0 Å². The molecule has 0 aliphatic rings. The Hall–Kier alpha value is 0.110. The van der Waals surface area contributed by atoms with Gasteiger partial charge in [-0.05, 0) is 20.8 Å². The summed E-state index contributed by atoms with van der Waals surface area (Å²) in [6, 6.07) is 0. The molecule has 0 amide bonds. The molecule has 0 aliphatic carbocycles. The van der Waals surface area contributed by atoms with Gasteiger partial charge in [-0.3, -0.25) is 9.36 Å². The molecule has 0 spiro atoms. The maximum Gasteiger partial charge on any atom is 0.355 e. The van der Waals surface area contributed by atoms with Crippen LogP contribution in [-0.2, 0) is 18.4 Å². The number of alkyl halides is 1. The molecule has 0 bridgehead atoms. The molecule has 0 fully saturated rings. The van der Waals surface area contributed by atoms with Gasteiger partial charge in [-0.15, -0.1) is 11.6 Å². The molecular weight excluding hydrogens is 214 g/mol. The van der Waals surface area contributed by atoms with Crippen LogP contribution in [0.5, 0.6) is 0 Å². The van der Waals surface area contributed by atoms with Crippen molar-refractivity contribution in [2.75, 3.05) is 13.2 Å². The Morgan fingerprint density at radius 2 is 1.77 bits per heavy atom. The standard InChI is InChI=1S/C7H14ClO4P/c1-4-11-13(10,12-5-2)7(8)6(3)9/h7H,4-5H2,1-3H3/t7-/m1/s1. The highest BCUT2D eigenvalue weighted by Gasteiger charge is 2.37. The van der Waals surface area contributed by atoms with Crippen LogP contribution in [0.25, 0.3) is 0 Å². The summed E-state index contributed by atoms with van der Waals surface area (Å²) in [7, 11) is -3.45. The molecule has 0 rings (SSSR count). The lowest BCUT2D eigenvalue weighted by Gasteiger charge is -2.19. The summed E-state index contributed by atoms with van der Waals surface area (Å²) in [4.78, 5) is 10.9. The molecule has 0 aromatic carbocycles. The zero-order valence-corrected chi connectivity index (χ0v) is 9.60. The zero-order valence-electron chi connectivity index (χ0n) is 7.95. The molecule has 0 saturated heterocycles. The molecule has 78 valence electrons. The van der Waals surface area contributed by atoms with Crippen molar-refractivity contribution in [1.29, 1.82) is 0 Å². The smallest absolute Gasteiger partial charge is 0.308 e. The topological polar surface area (TPSA) is 52.6 Å². The minimum Gasteiger partial charge on any atom is -0.308 e. The monoisotopic (exact) mass is 228 g/mol. The Kier molecular flexibility index (Phi) is 5.81. The number of Topliss-reactive ketones (excluding diaryl/α,β-unsaturated/α-hetero) is 1. The van der Waals surface area contributed by atoms with E-state index in [9.17, 15) is 9.36 Å². The van der Waals surface area contributed by atoms with Crippen molar-refractivity contribution in [3.05, 3.63) is 0 Å². The minimum absolute atomic E-state index is 0.202. The molecule has 0 aromatic rings. The summed E-state index contributed by atoms with van der Waals surface area (Å²) in [6.07, 6.45) is 0. The normalized spacial score (nSPS) is 14.2. The van der Waals surface area contributed by atoms with Gasteiger partial charge < -0.3 is 9.05 Å². The van der Waals surface area contributed by atoms with Gasteiger partial charge in [0.2, 0.25) is 0 Å². The van der Waals surface area contributed by atoms with Crippen LogP contribution in [-0.4, -0.2) is 24.1 Å². The Morgan fingerprint density at radius 1 is 1.38 bits per heavy atom. The predicted molar refractivity (Wildman–Crippen MR) is 51.2 cm³/mol. The van der Waals surface area contributed by atoms with Gasteiger partial charge in [0.25, 0.3) is 0 Å². The first-order valence-corrected chi connectivity index (χ1v) is 6.06. The summed E-state index contributed by atoms with van der Waals surface area (Å²) >= 11 is 5.62. The molecule has 0 aliphatic heterocycles. The first-order valence-electron chi connectivity index (χ1n) is 4.01. The van der Waals surface area contributed by atoms with Crippen molar-refractivity contribution in [2.24, 2.45) is 0 Å². The molecular formula is C7H14ClO4P. The molecule has 0 N–H and O–H groups in total. The van der Waals surface area contributed by atoms with Gasteiger partial charge in [0.05, 0.1) is 13.2 Å². The van der Waals surface area contributed by atoms with Gasteiger partial charge in [0.15, 0.2) is 10.9 Å². The van der Waals surface area contributed by atoms with Crippen LogP contribution < -0.4 is 0 Å². The quantitative estimate of drug-likeness (QED) is 0.517. The number of carbonyl (C=O) groups is 1. The minimum atomic E-state index is -3.45. The Labute approximate surface area is 83.1 Å². The van der Waals surface area contributed by atoms with Crippen molar-refractivity contribution >= 4 is 25.0 Å². The lowest BCUT2D eigenvalue weighted by molar-refractivity contribution is -0.115. The maximum atomic E-state index is 11.8. The zero-order chi connectivity index (χ0) is 10.5. The summed E-state index contributed by atoms with van der Waals surface area (Å²) in [6.45, 7) is 4.98. The number of hydrogen-bond donors (Lipinski definition) is 0. The van der Waals surface area contributed by atoms with Gasteiger partial charge >= 0.3 is 7.60 Å². The van der Waals surface area contributed by atoms with Crippen LogP contribution in [0.1, 0.15) is 20.8 Å². The van der Waals surface area contributed by atoms with Crippen LogP contribution in [0.2, 0.25) is 0 Å². The van der Waals surface area contributed by atoms with Crippen LogP contribution in [0.4, 0.5) is 0 Å². The summed E-state index contributed by atoms with van der Waals surface area (Å²) < 4.78 is 21.5. The van der Waals surface area contributed by atoms with Crippen LogP contribution in [0, 0.1) is 0 Å². The number of ketones is 1. The van der Waals surface area contributed by atoms with Crippen molar-refractivity contribution in [1.82, 2.24) is 0 Å². The molecule has 13 heavy (non-hydrogen) atoms. The average molecular weight is 229 g/mol. The fraction of sp³-hybridized carbons (Fsp3) is 0.857. The molecule has 0 saturated carbocycles. The van der Waals surface area contributed by atoms with E-state index in [0.29, 0.717) is 0 Å². The molecule has 6 heteroatoms. The first-order chi connectivity index (χ1) is 5.98. The second-order valence-corrected chi connectivity index (χ2v) is 5.18. The highest BCUT2D eigenvalue weighted by molar-refractivity contribution is 7.57. The molecule has 4 nitrogen and oxygen atoms in total. The van der Waals surface area contributed by atoms with Gasteiger partial charge in [-0.25, -0.2) is 0 Å². The third-order valence-corrected chi connectivity index (χ3v) is 4.41. The van der Waals surface area contributed by atoms with E-state index in [-0.39, 0.29) is 13.2 Å². The van der Waals surface area contributed by atoms with Crippen molar-refractivity contribution in [3.63, 3.8) is 0 Å². The maximum absolute atomic E-state index is 11.8. The van der Waals surface area contributed by atoms with E-state index in [4.69, 9.17) is 20.6 Å². The average Bonchev–Trinajstić information content (AvgIpc) is 2.03. The van der Waals surface area contributed by atoms with Gasteiger partial charge in [-0.1, -0.05) is 0 Å². The molecule has 0 heterocycles. The number of rotatable bonds is 6. The summed E-state index contributed by atoms with van der Waals surface area (Å²) in [5.41, 5.74) is 0. The third kappa shape index (κ3) is 3.77. The van der Waals surface area contributed by atoms with Gasteiger partial charge in [0.1, 0.15) is 0 Å². The third-order valence-electron chi connectivity index (χ3n) is 1.23. The van der Waals surface area contributed by atoms with Crippen molar-refractivity contribution in [2.45, 2.75) is 25.9 Å². The van der Waals surface area contributed by atoms with Crippen LogP contribution in [0.15, 0.2) is 0 Å². The van der Waals surface area contributed by atoms with Crippen LogP contribution >= 0.6 is 19.2 Å². The number of hydrogen-bond acceptors (Lipinski definition) is 4. The molecule has 0 aromatic heterocycles. The molecule has 0 unspecified atom stereocenters. The lowest BCUT2D eigenvalue weighted by Crippen LogP contribution is -2.15. The Bertz CT molecular complexity index is 209. The van der Waals surface area contributed by atoms with Gasteiger partial charge in [0, 0.05) is 0 Å². The van der Waals surface area contributed by atoms with Crippen molar-refractivity contribution < 1.29 is 18.4 Å². The molecule has 0 radical (unpaired) electrons. The second kappa shape index (κ2) is 5.76. The summed E-state index contributed by atoms with van der Waals surface area (Å²) in [5, 5.41) is -1.20. The van der Waals surface area contributed by atoms with Crippen LogP contribution in [0.3, 0.4) is 0 Å². The molecule has 1 atom stereocenters. The van der Waals surface area contributed by atoms with E-state index in [0.717, 1.165) is 0 Å². The fourth-order valence-corrected chi connectivity index (χ4v) is 2.59. The second-order valence-electron chi connectivity index (χ2n) is 2.32. The summed E-state index contributed by atoms with van der Waals surface area (Å²) in [5.74, 6) is -0.410. The SMILES string of the molecule is CCOP(=O)(OCC)[C@@H](Cl)C(C)=O. The lowest BCUT2D eigenvalue weighted by atomic mass is 10.5. The number of halogens is 1. The fourth-order valence-electron chi connectivity index (χ4n) is 0.751. The predicted octanol–water partition coefficient (Wildman–Crippen LogP) is 2.41. The van der Waals surface area contributed by atoms with Crippen molar-refractivity contribution in [3.8, 4) is 0 Å². The van der Waals surface area contributed by atoms with E-state index in [1.807, 2.05) is 0 Å². The highest BCUT2D eigenvalue weighted by atomic mass is 35.5. The van der Waals surface area contributed by atoms with E-state index in [1.165, 1.54) is 6.92 Å².